The second-order valence-electron chi connectivity index (χ2n) is 8.35. The van der Waals surface area contributed by atoms with Gasteiger partial charge in [0.2, 0.25) is 0 Å². The number of phenolic OH excluding ortho intramolecular Hbond substituents is 1. The molecule has 4 heteroatoms. The van der Waals surface area contributed by atoms with Gasteiger partial charge in [0, 0.05) is 11.8 Å². The van der Waals surface area contributed by atoms with E-state index in [9.17, 15) is 5.11 Å². The van der Waals surface area contributed by atoms with Gasteiger partial charge in [-0.3, -0.25) is 4.99 Å². The van der Waals surface area contributed by atoms with Crippen LogP contribution in [0.3, 0.4) is 0 Å². The molecule has 3 aromatic carbocycles. The molecule has 3 aromatic rings. The normalized spacial score (nSPS) is 18.3. The molecular formula is C27H32ClNORu. The topological polar surface area (TPSA) is 32.6 Å². The molecule has 1 N–H and O–H groups in total. The summed E-state index contributed by atoms with van der Waals surface area (Å²) in [4.78, 5) is 4.35. The van der Waals surface area contributed by atoms with E-state index < -0.39 is 0 Å². The third-order valence-corrected chi connectivity index (χ3v) is 5.82. The Morgan fingerprint density at radius 3 is 2.35 bits per heavy atom. The number of hydrogen-bond donors (Lipinski definition) is 1. The molecule has 1 aliphatic carbocycles. The Balaban J connectivity index is 0.000000241. The third-order valence-electron chi connectivity index (χ3n) is 5.82. The maximum absolute atomic E-state index is 9.69. The van der Waals surface area contributed by atoms with E-state index in [4.69, 9.17) is 0 Å². The van der Waals surface area contributed by atoms with Crippen molar-refractivity contribution in [1.82, 2.24) is 0 Å². The summed E-state index contributed by atoms with van der Waals surface area (Å²) in [7, 11) is 4.57. The van der Waals surface area contributed by atoms with Crippen molar-refractivity contribution in [2.24, 2.45) is 22.7 Å². The molecule has 1 saturated carbocycles. The number of fused-ring (bicyclic) bond motifs is 1. The number of aliphatic imine (C=N–C) groups is 1. The van der Waals surface area contributed by atoms with Crippen LogP contribution in [-0.2, 0) is 17.3 Å². The van der Waals surface area contributed by atoms with Crippen molar-refractivity contribution in [3.05, 3.63) is 78.7 Å². The van der Waals surface area contributed by atoms with Crippen molar-refractivity contribution in [3.8, 4) is 5.75 Å². The average molecular weight is 523 g/mol. The fourth-order valence-corrected chi connectivity index (χ4v) is 3.80. The predicted octanol–water partition coefficient (Wildman–Crippen LogP) is 8.27. The summed E-state index contributed by atoms with van der Waals surface area (Å²) in [6, 6.07) is 21.3. The number of para-hydroxylation sites is 2. The predicted molar refractivity (Wildman–Crippen MR) is 131 cm³/mol. The minimum atomic E-state index is 0.194. The van der Waals surface area contributed by atoms with Crippen LogP contribution in [0, 0.1) is 24.2 Å². The molecule has 0 aromatic heterocycles. The van der Waals surface area contributed by atoms with E-state index in [1.165, 1.54) is 24.6 Å². The molecule has 1 aliphatic rings. The number of halogens is 1. The van der Waals surface area contributed by atoms with Gasteiger partial charge in [-0.05, 0) is 28.8 Å². The SMILES string of the molecule is CC1[CH-]CC(C(C)C)CC1.Oc1ccccc1N=Cc1cccc2ccccc12.[Cl][Ru+]. The fourth-order valence-electron chi connectivity index (χ4n) is 3.80. The van der Waals surface area contributed by atoms with Gasteiger partial charge < -0.3 is 11.5 Å². The Kier molecular flexibility index (Phi) is 11.3. The van der Waals surface area contributed by atoms with Crippen LogP contribution in [0.15, 0.2) is 71.7 Å². The minimum absolute atomic E-state index is 0.194. The van der Waals surface area contributed by atoms with Gasteiger partial charge in [0.15, 0.2) is 0 Å². The van der Waals surface area contributed by atoms with Crippen molar-refractivity contribution in [2.75, 3.05) is 0 Å². The Bertz CT molecular complexity index is 943. The van der Waals surface area contributed by atoms with E-state index in [-0.39, 0.29) is 5.75 Å². The summed E-state index contributed by atoms with van der Waals surface area (Å²) in [6.07, 6.45) is 8.52. The first kappa shape index (κ1) is 25.6. The average Bonchev–Trinajstić information content (AvgIpc) is 2.80. The summed E-state index contributed by atoms with van der Waals surface area (Å²) in [5.74, 6) is 2.95. The quantitative estimate of drug-likeness (QED) is 0.209. The molecule has 0 radical (unpaired) electrons. The maximum atomic E-state index is 9.69. The van der Waals surface area contributed by atoms with Gasteiger partial charge in [0.1, 0.15) is 11.4 Å². The van der Waals surface area contributed by atoms with Crippen LogP contribution in [0.25, 0.3) is 10.8 Å². The number of benzene rings is 3. The number of aromatic hydroxyl groups is 1. The summed E-state index contributed by atoms with van der Waals surface area (Å²) in [5, 5.41) is 12.0. The number of phenols is 1. The van der Waals surface area contributed by atoms with Crippen LogP contribution in [-0.4, -0.2) is 11.3 Å². The summed E-state index contributed by atoms with van der Waals surface area (Å²) in [5.41, 5.74) is 1.62. The molecule has 2 nitrogen and oxygen atoms in total. The van der Waals surface area contributed by atoms with Crippen LogP contribution in [0.5, 0.6) is 5.75 Å². The first-order valence-corrected chi connectivity index (χ1v) is 13.0. The van der Waals surface area contributed by atoms with Crippen molar-refractivity contribution in [2.45, 2.75) is 40.0 Å². The summed E-state index contributed by atoms with van der Waals surface area (Å²) >= 11 is 1.82. The molecule has 4 rings (SSSR count). The van der Waals surface area contributed by atoms with Crippen molar-refractivity contribution in [3.63, 3.8) is 0 Å². The monoisotopic (exact) mass is 523 g/mol. The zero-order valence-electron chi connectivity index (χ0n) is 18.5. The number of nitrogens with zero attached hydrogens (tertiary/aromatic N) is 1. The van der Waals surface area contributed by atoms with Crippen LogP contribution < -0.4 is 0 Å². The molecule has 0 amide bonds. The van der Waals surface area contributed by atoms with Gasteiger partial charge >= 0.3 is 27.0 Å². The molecule has 2 atom stereocenters. The van der Waals surface area contributed by atoms with Gasteiger partial charge in [-0.1, -0.05) is 94.1 Å². The molecule has 0 heterocycles. The van der Waals surface area contributed by atoms with Crippen LogP contribution >= 0.6 is 9.69 Å². The Labute approximate surface area is 201 Å². The van der Waals surface area contributed by atoms with E-state index in [1.54, 1.807) is 24.4 Å². The standard InChI is InChI=1S/C17H13NO.C10H19.ClH.Ru/c19-17-11-4-3-10-16(17)18-12-14-8-5-7-13-6-1-2-9-15(13)14;1-8(2)10-6-4-9(3)5-7-10;;/h1-12,19H;4,8-10H,5-7H2,1-3H3;1H;/q;-1;;+2/p-1. The Morgan fingerprint density at radius 2 is 1.68 bits per heavy atom. The van der Waals surface area contributed by atoms with Gasteiger partial charge in [-0.2, -0.15) is 12.3 Å². The summed E-state index contributed by atoms with van der Waals surface area (Å²) < 4.78 is 0. The molecule has 2 unspecified atom stereocenters. The molecular weight excluding hydrogens is 491 g/mol. The van der Waals surface area contributed by atoms with E-state index in [0.717, 1.165) is 28.7 Å². The zero-order valence-corrected chi connectivity index (χ0v) is 21.0. The molecule has 166 valence electrons. The zero-order chi connectivity index (χ0) is 22.6. The van der Waals surface area contributed by atoms with Crippen molar-refractivity contribution in [1.29, 1.82) is 0 Å². The second-order valence-corrected chi connectivity index (χ2v) is 8.35. The van der Waals surface area contributed by atoms with Gasteiger partial charge in [-0.15, -0.1) is 0 Å². The first-order chi connectivity index (χ1) is 15.0. The van der Waals surface area contributed by atoms with E-state index >= 15 is 0 Å². The Morgan fingerprint density at radius 1 is 1.00 bits per heavy atom. The van der Waals surface area contributed by atoms with Crippen LogP contribution in [0.1, 0.15) is 45.6 Å². The van der Waals surface area contributed by atoms with E-state index in [0.29, 0.717) is 5.69 Å². The molecule has 0 aliphatic heterocycles. The molecule has 0 spiro atoms. The van der Waals surface area contributed by atoms with Crippen molar-refractivity contribution < 1.29 is 22.4 Å². The first-order valence-electron chi connectivity index (χ1n) is 10.8. The molecule has 0 saturated heterocycles. The van der Waals surface area contributed by atoms with Crippen LogP contribution in [0.2, 0.25) is 0 Å². The number of hydrogen-bond acceptors (Lipinski definition) is 2. The number of rotatable bonds is 3. The van der Waals surface area contributed by atoms with Gasteiger partial charge in [0.25, 0.3) is 0 Å². The van der Waals surface area contributed by atoms with Crippen LogP contribution in [0.4, 0.5) is 5.69 Å². The molecule has 0 bridgehead atoms. The van der Waals surface area contributed by atoms with E-state index in [1.807, 2.05) is 47.6 Å². The van der Waals surface area contributed by atoms with Crippen molar-refractivity contribution >= 4 is 32.4 Å². The third kappa shape index (κ3) is 8.06. The van der Waals surface area contributed by atoms with E-state index in [2.05, 4.69) is 60.1 Å². The Hall–Kier alpha value is -1.70. The van der Waals surface area contributed by atoms with Gasteiger partial charge in [0.05, 0.1) is 0 Å². The fraction of sp³-hybridized carbons (Fsp3) is 0.333. The van der Waals surface area contributed by atoms with Gasteiger partial charge in [-0.25, -0.2) is 0 Å². The molecule has 1 fully saturated rings. The molecule has 31 heavy (non-hydrogen) atoms. The summed E-state index contributed by atoms with van der Waals surface area (Å²) in [6.45, 7) is 7.01. The second kappa shape index (κ2) is 13.7.